The fraction of sp³-hybridized carbons (Fsp3) is 0. The Morgan fingerprint density at radius 2 is 2.00 bits per heavy atom. The van der Waals surface area contributed by atoms with E-state index >= 15 is 0 Å². The third kappa shape index (κ3) is 2.62. The van der Waals surface area contributed by atoms with E-state index < -0.39 is 0 Å². The predicted molar refractivity (Wildman–Crippen MR) is 72.4 cm³/mol. The Bertz CT molecular complexity index is 565. The van der Waals surface area contributed by atoms with Crippen molar-refractivity contribution in [3.05, 3.63) is 23.5 Å². The number of aromatic nitrogens is 3. The Labute approximate surface area is 108 Å². The maximum Gasteiger partial charge on any atom is 0.166 e. The zero-order chi connectivity index (χ0) is 12.4. The van der Waals surface area contributed by atoms with Crippen LogP contribution in [0, 0.1) is 0 Å². The third-order valence-electron chi connectivity index (χ3n) is 1.97. The summed E-state index contributed by atoms with van der Waals surface area (Å²) in [4.78, 5) is 13.0. The van der Waals surface area contributed by atoms with E-state index in [9.17, 15) is 0 Å². The molecule has 17 heavy (non-hydrogen) atoms. The number of hydrogen-bond acceptors (Lipinski definition) is 6. The van der Waals surface area contributed by atoms with Gasteiger partial charge < -0.3 is 11.5 Å². The van der Waals surface area contributed by atoms with Crippen molar-refractivity contribution in [1.82, 2.24) is 15.0 Å². The van der Waals surface area contributed by atoms with E-state index in [2.05, 4.69) is 15.0 Å². The summed E-state index contributed by atoms with van der Waals surface area (Å²) in [5, 5.41) is 1.00. The fourth-order valence-corrected chi connectivity index (χ4v) is 2.20. The van der Waals surface area contributed by atoms with Gasteiger partial charge in [-0.25, -0.2) is 15.0 Å². The summed E-state index contributed by atoms with van der Waals surface area (Å²) < 4.78 is 0. The number of pyridine rings is 1. The summed E-state index contributed by atoms with van der Waals surface area (Å²) in [5.41, 5.74) is 12.2. The molecular formula is C9H9BClN5S. The highest BCUT2D eigenvalue weighted by molar-refractivity contribution is 7.99. The van der Waals surface area contributed by atoms with Gasteiger partial charge in [-0.1, -0.05) is 23.4 Å². The molecule has 8 heteroatoms. The predicted octanol–water partition coefficient (Wildman–Crippen LogP) is 0.0990. The van der Waals surface area contributed by atoms with Gasteiger partial charge in [0.05, 0.1) is 5.02 Å². The van der Waals surface area contributed by atoms with E-state index in [-0.39, 0.29) is 5.82 Å². The molecule has 0 aromatic carbocycles. The number of anilines is 2. The molecule has 0 saturated carbocycles. The molecule has 0 atom stereocenters. The lowest BCUT2D eigenvalue weighted by Crippen LogP contribution is -2.12. The first kappa shape index (κ1) is 12.0. The van der Waals surface area contributed by atoms with Crippen LogP contribution in [-0.2, 0) is 0 Å². The minimum absolute atomic E-state index is 0.287. The first-order valence-electron chi connectivity index (χ1n) is 4.75. The summed E-state index contributed by atoms with van der Waals surface area (Å²) in [6.07, 6.45) is 3.23. The van der Waals surface area contributed by atoms with Crippen LogP contribution in [-0.4, -0.2) is 22.8 Å². The largest absolute Gasteiger partial charge is 0.382 e. The van der Waals surface area contributed by atoms with E-state index in [0.29, 0.717) is 15.9 Å². The highest BCUT2D eigenvalue weighted by atomic mass is 35.5. The standard InChI is InChI=1S/C9H9BClN5S/c10-5-3-15-9(8(13)16-5)17-4-1-2-14-7(12)6(4)11/h1-3H,10H2,(H2,12,14)(H2,13,16). The second kappa shape index (κ2) is 4.81. The fourth-order valence-electron chi connectivity index (χ4n) is 1.19. The third-order valence-corrected chi connectivity index (χ3v) is 3.55. The minimum Gasteiger partial charge on any atom is -0.382 e. The molecule has 0 aliphatic rings. The SMILES string of the molecule is Bc1cnc(Sc2ccnc(N)c2Cl)c(N)n1. The van der Waals surface area contributed by atoms with Gasteiger partial charge in [-0.05, 0) is 6.07 Å². The van der Waals surface area contributed by atoms with Gasteiger partial charge in [0, 0.05) is 22.9 Å². The Morgan fingerprint density at radius 1 is 1.24 bits per heavy atom. The summed E-state index contributed by atoms with van der Waals surface area (Å²) in [7, 11) is 1.83. The summed E-state index contributed by atoms with van der Waals surface area (Å²) in [6, 6.07) is 1.75. The Kier molecular flexibility index (Phi) is 3.39. The van der Waals surface area contributed by atoms with E-state index in [1.807, 2.05) is 7.85 Å². The molecule has 0 aliphatic heterocycles. The van der Waals surface area contributed by atoms with Gasteiger partial charge in [-0.3, -0.25) is 0 Å². The van der Waals surface area contributed by atoms with Crippen molar-refractivity contribution in [3.8, 4) is 0 Å². The van der Waals surface area contributed by atoms with Crippen LogP contribution in [0.15, 0.2) is 28.4 Å². The van der Waals surface area contributed by atoms with Crippen molar-refractivity contribution in [1.29, 1.82) is 0 Å². The van der Waals surface area contributed by atoms with Gasteiger partial charge in [0.1, 0.15) is 10.8 Å². The monoisotopic (exact) mass is 265 g/mol. The molecular weight excluding hydrogens is 256 g/mol. The first-order valence-corrected chi connectivity index (χ1v) is 5.94. The molecule has 2 heterocycles. The van der Waals surface area contributed by atoms with E-state index in [1.165, 1.54) is 11.8 Å². The lowest BCUT2D eigenvalue weighted by Gasteiger charge is -2.06. The van der Waals surface area contributed by atoms with Crippen molar-refractivity contribution >= 4 is 48.4 Å². The van der Waals surface area contributed by atoms with E-state index in [0.717, 1.165) is 10.5 Å². The highest BCUT2D eigenvalue weighted by Crippen LogP contribution is 2.35. The zero-order valence-corrected chi connectivity index (χ0v) is 10.6. The van der Waals surface area contributed by atoms with Crippen LogP contribution in [0.4, 0.5) is 11.6 Å². The van der Waals surface area contributed by atoms with Gasteiger partial charge in [-0.15, -0.1) is 0 Å². The van der Waals surface area contributed by atoms with Crippen molar-refractivity contribution in [2.75, 3.05) is 11.5 Å². The average Bonchev–Trinajstić information content (AvgIpc) is 2.28. The molecule has 0 saturated heterocycles. The number of rotatable bonds is 2. The van der Waals surface area contributed by atoms with Gasteiger partial charge in [0.2, 0.25) is 0 Å². The molecule has 0 aliphatic carbocycles. The van der Waals surface area contributed by atoms with Crippen molar-refractivity contribution in [2.24, 2.45) is 0 Å². The van der Waals surface area contributed by atoms with E-state index in [1.54, 1.807) is 18.5 Å². The molecule has 2 rings (SSSR count). The Balaban J connectivity index is 2.35. The highest BCUT2D eigenvalue weighted by Gasteiger charge is 2.10. The van der Waals surface area contributed by atoms with Crippen molar-refractivity contribution in [3.63, 3.8) is 0 Å². The van der Waals surface area contributed by atoms with Crippen LogP contribution in [0.25, 0.3) is 0 Å². The molecule has 0 unspecified atom stereocenters. The van der Waals surface area contributed by atoms with Crippen LogP contribution < -0.4 is 17.1 Å². The quantitative estimate of drug-likeness (QED) is 0.749. The Hall–Kier alpha value is -1.47. The number of nitrogen functional groups attached to an aromatic ring is 2. The van der Waals surface area contributed by atoms with Gasteiger partial charge >= 0.3 is 0 Å². The number of hydrogen-bond donors (Lipinski definition) is 2. The topological polar surface area (TPSA) is 90.7 Å². The molecule has 86 valence electrons. The molecule has 0 radical (unpaired) electrons. The van der Waals surface area contributed by atoms with Crippen molar-refractivity contribution < 1.29 is 0 Å². The maximum absolute atomic E-state index is 6.03. The number of nitrogens with zero attached hydrogens (tertiary/aromatic N) is 3. The van der Waals surface area contributed by atoms with Crippen LogP contribution >= 0.6 is 23.4 Å². The second-order valence-electron chi connectivity index (χ2n) is 3.31. The van der Waals surface area contributed by atoms with Gasteiger partial charge in [-0.2, -0.15) is 0 Å². The normalized spacial score (nSPS) is 10.4. The number of halogens is 1. The minimum atomic E-state index is 0.287. The van der Waals surface area contributed by atoms with Crippen LogP contribution in [0.1, 0.15) is 0 Å². The Morgan fingerprint density at radius 3 is 2.71 bits per heavy atom. The van der Waals surface area contributed by atoms with Gasteiger partial charge in [0.25, 0.3) is 0 Å². The average molecular weight is 266 g/mol. The van der Waals surface area contributed by atoms with Crippen LogP contribution in [0.2, 0.25) is 5.02 Å². The molecule has 0 spiro atoms. The van der Waals surface area contributed by atoms with Gasteiger partial charge in [0.15, 0.2) is 13.7 Å². The molecule has 5 nitrogen and oxygen atoms in total. The molecule has 4 N–H and O–H groups in total. The maximum atomic E-state index is 6.03. The second-order valence-corrected chi connectivity index (χ2v) is 4.72. The summed E-state index contributed by atoms with van der Waals surface area (Å²) in [5.74, 6) is 0.664. The lowest BCUT2D eigenvalue weighted by atomic mass is 10.1. The molecule has 0 fully saturated rings. The van der Waals surface area contributed by atoms with Crippen LogP contribution in [0.5, 0.6) is 0 Å². The lowest BCUT2D eigenvalue weighted by molar-refractivity contribution is 1.09. The zero-order valence-electron chi connectivity index (χ0n) is 9.01. The summed E-state index contributed by atoms with van der Waals surface area (Å²) in [6.45, 7) is 0. The summed E-state index contributed by atoms with van der Waals surface area (Å²) >= 11 is 7.34. The molecule has 2 aromatic rings. The van der Waals surface area contributed by atoms with Crippen molar-refractivity contribution in [2.45, 2.75) is 9.92 Å². The molecule has 2 aromatic heterocycles. The number of nitrogens with two attached hydrogens (primary N) is 2. The molecule has 0 amide bonds. The first-order chi connectivity index (χ1) is 8.08. The smallest absolute Gasteiger partial charge is 0.166 e. The van der Waals surface area contributed by atoms with Crippen LogP contribution in [0.3, 0.4) is 0 Å². The molecule has 0 bridgehead atoms. The van der Waals surface area contributed by atoms with E-state index in [4.69, 9.17) is 23.1 Å².